The molecule has 0 amide bonds. The fraction of sp³-hybridized carbons (Fsp3) is 0.576. The molecule has 5 rings (SSSR count). The van der Waals surface area contributed by atoms with Crippen LogP contribution in [-0.4, -0.2) is 75.4 Å². The van der Waals surface area contributed by atoms with Crippen molar-refractivity contribution in [1.82, 2.24) is 0 Å². The Morgan fingerprint density at radius 1 is 1.05 bits per heavy atom. The Morgan fingerprint density at radius 3 is 2.26 bits per heavy atom. The van der Waals surface area contributed by atoms with Crippen molar-refractivity contribution in [3.63, 3.8) is 0 Å². The summed E-state index contributed by atoms with van der Waals surface area (Å²) in [6.45, 7) is 9.93. The Balaban J connectivity index is 0.000000356. The summed E-state index contributed by atoms with van der Waals surface area (Å²) >= 11 is 0. The van der Waals surface area contributed by atoms with Crippen molar-refractivity contribution in [2.24, 2.45) is 23.5 Å². The second-order valence-electron chi connectivity index (χ2n) is 11.4. The third-order valence-corrected chi connectivity index (χ3v) is 9.02. The Labute approximate surface area is 253 Å². The summed E-state index contributed by atoms with van der Waals surface area (Å²) in [4.78, 5) is 26.6. The number of phenols is 2. The zero-order valence-corrected chi connectivity index (χ0v) is 26.0. The molecule has 0 aromatic heterocycles. The molecule has 0 radical (unpaired) electrons. The minimum atomic E-state index is -0.812. The monoisotopic (exact) mass is 601 g/mol. The first-order valence-corrected chi connectivity index (χ1v) is 15.2. The number of aliphatic hydroxyl groups excluding tert-OH is 3. The number of carbonyl (C=O) groups is 2. The van der Waals surface area contributed by atoms with Gasteiger partial charge in [-0.1, -0.05) is 46.2 Å². The summed E-state index contributed by atoms with van der Waals surface area (Å²) in [5.74, 6) is -0.699. The van der Waals surface area contributed by atoms with Crippen LogP contribution in [0.1, 0.15) is 96.9 Å². The number of ketones is 2. The van der Waals surface area contributed by atoms with Crippen molar-refractivity contribution in [3.05, 3.63) is 51.6 Å². The molecule has 7 atom stereocenters. The van der Waals surface area contributed by atoms with E-state index in [1.54, 1.807) is 19.1 Å². The summed E-state index contributed by atoms with van der Waals surface area (Å²) < 4.78 is 10.2. The number of aromatic hydroxyl groups is 2. The van der Waals surface area contributed by atoms with Crippen LogP contribution < -0.4 is 10.5 Å². The van der Waals surface area contributed by atoms with Gasteiger partial charge in [-0.15, -0.1) is 0 Å². The van der Waals surface area contributed by atoms with Crippen LogP contribution in [0.3, 0.4) is 0 Å². The highest BCUT2D eigenvalue weighted by Crippen LogP contribution is 2.48. The number of hydrogen-bond acceptors (Lipinski definition) is 10. The molecule has 0 bridgehead atoms. The zero-order chi connectivity index (χ0) is 32.2. The van der Waals surface area contributed by atoms with Crippen molar-refractivity contribution in [1.29, 1.82) is 0 Å². The van der Waals surface area contributed by atoms with E-state index < -0.39 is 24.0 Å². The fourth-order valence-corrected chi connectivity index (χ4v) is 6.40. The molecule has 1 heterocycles. The van der Waals surface area contributed by atoms with Gasteiger partial charge in [0.25, 0.3) is 0 Å². The molecule has 1 saturated heterocycles. The van der Waals surface area contributed by atoms with E-state index >= 15 is 0 Å². The largest absolute Gasteiger partial charge is 0.507 e. The van der Waals surface area contributed by atoms with E-state index in [-0.39, 0.29) is 70.1 Å². The summed E-state index contributed by atoms with van der Waals surface area (Å²) in [5.41, 5.74) is 6.50. The topological polar surface area (TPSA) is 180 Å². The molecular formula is C33H47NO9. The van der Waals surface area contributed by atoms with E-state index in [4.69, 9.17) is 20.3 Å². The molecule has 10 heteroatoms. The third-order valence-electron chi connectivity index (χ3n) is 9.02. The molecule has 1 fully saturated rings. The number of nitrogens with two attached hydrogens (primary N) is 1. The first kappa shape index (κ1) is 34.5. The lowest BCUT2D eigenvalue weighted by Crippen LogP contribution is -2.51. The highest BCUT2D eigenvalue weighted by Gasteiger charge is 2.41. The van der Waals surface area contributed by atoms with Crippen molar-refractivity contribution < 1.29 is 44.6 Å². The van der Waals surface area contributed by atoms with Crippen molar-refractivity contribution in [2.45, 2.75) is 91.3 Å². The maximum atomic E-state index is 13.3. The van der Waals surface area contributed by atoms with E-state index in [1.807, 2.05) is 13.8 Å². The Kier molecular flexibility index (Phi) is 11.7. The SMILES string of the molecule is CC.CC1O[C@@H](O)CC(N)C1O.CC[C@H](C)C(CO)C1CCc2c(O)c3c(c(O)c2C1)C(=O)c1cccc(OC)c1C3=O. The number of rotatable bonds is 5. The summed E-state index contributed by atoms with van der Waals surface area (Å²) in [5, 5.41) is 50.3. The lowest BCUT2D eigenvalue weighted by molar-refractivity contribution is -0.198. The molecule has 238 valence electrons. The Hall–Kier alpha value is -3.02. The van der Waals surface area contributed by atoms with Gasteiger partial charge in [0.15, 0.2) is 12.1 Å². The van der Waals surface area contributed by atoms with E-state index in [0.29, 0.717) is 36.3 Å². The number of methoxy groups -OCH3 is 1. The minimum absolute atomic E-state index is 0.0529. The second kappa shape index (κ2) is 14.6. The lowest BCUT2D eigenvalue weighted by atomic mass is 9.70. The van der Waals surface area contributed by atoms with Crippen LogP contribution in [0.2, 0.25) is 0 Å². The molecule has 2 aromatic carbocycles. The van der Waals surface area contributed by atoms with Crippen LogP contribution in [0.15, 0.2) is 18.2 Å². The number of fused-ring (bicyclic) bond motifs is 3. The van der Waals surface area contributed by atoms with E-state index in [9.17, 15) is 30.0 Å². The number of aliphatic hydroxyl groups is 3. The summed E-state index contributed by atoms with van der Waals surface area (Å²) in [6, 6.07) is 4.39. The van der Waals surface area contributed by atoms with E-state index in [1.165, 1.54) is 13.2 Å². The van der Waals surface area contributed by atoms with Gasteiger partial charge in [-0.05, 0) is 50.0 Å². The molecule has 1 aliphatic heterocycles. The molecule has 10 nitrogen and oxygen atoms in total. The molecule has 2 aromatic rings. The smallest absolute Gasteiger partial charge is 0.202 e. The molecule has 2 aliphatic carbocycles. The average Bonchev–Trinajstić information content (AvgIpc) is 3.01. The number of hydrogen-bond donors (Lipinski definition) is 6. The normalized spacial score (nSPS) is 25.5. The predicted octanol–water partition coefficient (Wildman–Crippen LogP) is 3.47. The van der Waals surface area contributed by atoms with Crippen LogP contribution >= 0.6 is 0 Å². The van der Waals surface area contributed by atoms with Gasteiger partial charge in [0.1, 0.15) is 17.2 Å². The molecular weight excluding hydrogens is 554 g/mol. The second-order valence-corrected chi connectivity index (χ2v) is 11.4. The van der Waals surface area contributed by atoms with Gasteiger partial charge in [0, 0.05) is 35.8 Å². The predicted molar refractivity (Wildman–Crippen MR) is 162 cm³/mol. The van der Waals surface area contributed by atoms with Crippen molar-refractivity contribution in [2.75, 3.05) is 13.7 Å². The van der Waals surface area contributed by atoms with Gasteiger partial charge in [-0.3, -0.25) is 9.59 Å². The molecule has 0 spiro atoms. The molecule has 3 aliphatic rings. The first-order valence-electron chi connectivity index (χ1n) is 15.2. The van der Waals surface area contributed by atoms with E-state index in [0.717, 1.165) is 12.8 Å². The van der Waals surface area contributed by atoms with Crippen LogP contribution in [0.25, 0.3) is 0 Å². The lowest BCUT2D eigenvalue weighted by Gasteiger charge is -2.35. The van der Waals surface area contributed by atoms with Gasteiger partial charge in [-0.25, -0.2) is 0 Å². The fourth-order valence-electron chi connectivity index (χ4n) is 6.40. The van der Waals surface area contributed by atoms with Gasteiger partial charge < -0.3 is 40.7 Å². The maximum absolute atomic E-state index is 13.3. The first-order chi connectivity index (χ1) is 20.5. The number of ether oxygens (including phenoxy) is 2. The average molecular weight is 602 g/mol. The minimum Gasteiger partial charge on any atom is -0.507 e. The number of carbonyl (C=O) groups excluding carboxylic acids is 2. The van der Waals surface area contributed by atoms with Gasteiger partial charge in [0.05, 0.1) is 36.0 Å². The summed E-state index contributed by atoms with van der Waals surface area (Å²) in [6.07, 6.45) is 1.07. The summed E-state index contributed by atoms with van der Waals surface area (Å²) in [7, 11) is 1.42. The van der Waals surface area contributed by atoms with Crippen LogP contribution in [0.5, 0.6) is 17.2 Å². The highest BCUT2D eigenvalue weighted by molar-refractivity contribution is 6.31. The van der Waals surface area contributed by atoms with Crippen molar-refractivity contribution >= 4 is 11.6 Å². The van der Waals surface area contributed by atoms with Crippen LogP contribution in [-0.2, 0) is 17.6 Å². The number of phenolic OH excluding ortho intramolecular Hbond substituents is 2. The molecule has 5 unspecified atom stereocenters. The molecule has 7 N–H and O–H groups in total. The van der Waals surface area contributed by atoms with Gasteiger partial charge in [0.2, 0.25) is 5.78 Å². The quantitative estimate of drug-likeness (QED) is 0.237. The maximum Gasteiger partial charge on any atom is 0.202 e. The van der Waals surface area contributed by atoms with Gasteiger partial charge in [-0.2, -0.15) is 0 Å². The Bertz CT molecular complexity index is 1300. The van der Waals surface area contributed by atoms with Crippen molar-refractivity contribution in [3.8, 4) is 17.2 Å². The molecule has 43 heavy (non-hydrogen) atoms. The van der Waals surface area contributed by atoms with Crippen LogP contribution in [0, 0.1) is 17.8 Å². The number of benzene rings is 2. The standard InChI is InChI=1S/C25H28O6.C6H13NO3.C2H6/c1-4-12(2)17(11-26)13-8-9-14-16(10-13)24(29)20-21(22(14)27)25(30)19-15(23(20)28)6-5-7-18(19)31-3;1-3-6(9)4(7)2-5(8)10-3;1-2/h5-7,12-13,17,26-27,29H,4,8-11H2,1-3H3;3-6,8-9H,2,7H2,1H3;1-2H3/t12-,13?,17?;3?,4?,5-,6?;/m01./s1. The molecule has 0 saturated carbocycles. The zero-order valence-electron chi connectivity index (χ0n) is 26.0. The van der Waals surface area contributed by atoms with Gasteiger partial charge >= 0.3 is 0 Å². The highest BCUT2D eigenvalue weighted by atomic mass is 16.6. The van der Waals surface area contributed by atoms with Crippen LogP contribution in [0.4, 0.5) is 0 Å². The van der Waals surface area contributed by atoms with E-state index in [2.05, 4.69) is 13.8 Å². The third kappa shape index (κ3) is 6.58. The Morgan fingerprint density at radius 2 is 1.67 bits per heavy atom.